The minimum absolute atomic E-state index is 0.510. The Kier molecular flexibility index (Phi) is 5.94. The summed E-state index contributed by atoms with van der Waals surface area (Å²) in [7, 11) is 0. The third kappa shape index (κ3) is 4.26. The van der Waals surface area contributed by atoms with Gasteiger partial charge in [0.2, 0.25) is 0 Å². The largest absolute Gasteiger partial charge is 0.378 e. The molecule has 1 heteroatoms. The molecule has 2 unspecified atom stereocenters. The van der Waals surface area contributed by atoms with Crippen LogP contribution in [0.5, 0.6) is 0 Å². The molecule has 1 aliphatic carbocycles. The molecule has 1 aromatic carbocycles. The van der Waals surface area contributed by atoms with Crippen LogP contribution in [0, 0.1) is 5.92 Å². The fraction of sp³-hybridized carbons (Fsp3) is 0.636. The third-order valence-corrected chi connectivity index (χ3v) is 5.97. The first-order valence-corrected chi connectivity index (χ1v) is 9.64. The Morgan fingerprint density at radius 1 is 0.957 bits per heavy atom. The zero-order chi connectivity index (χ0) is 16.1. The highest BCUT2D eigenvalue weighted by Crippen LogP contribution is 2.37. The van der Waals surface area contributed by atoms with Gasteiger partial charge in [0.15, 0.2) is 0 Å². The van der Waals surface area contributed by atoms with Crippen LogP contribution >= 0.6 is 0 Å². The van der Waals surface area contributed by atoms with Crippen LogP contribution in [0.15, 0.2) is 36.9 Å². The summed E-state index contributed by atoms with van der Waals surface area (Å²) in [6.07, 6.45) is 12.9. The molecule has 0 spiro atoms. The summed E-state index contributed by atoms with van der Waals surface area (Å²) in [5.41, 5.74) is 3.01. The number of benzene rings is 1. The molecule has 1 aliphatic heterocycles. The zero-order valence-corrected chi connectivity index (χ0v) is 14.7. The first-order valence-electron chi connectivity index (χ1n) is 9.64. The van der Waals surface area contributed by atoms with E-state index in [1.165, 1.54) is 62.5 Å². The normalized spacial score (nSPS) is 31.7. The molecular weight excluding hydrogens is 280 g/mol. The molecule has 2 aliphatic rings. The van der Waals surface area contributed by atoms with Crippen molar-refractivity contribution in [2.75, 3.05) is 6.61 Å². The van der Waals surface area contributed by atoms with E-state index in [2.05, 4.69) is 43.8 Å². The van der Waals surface area contributed by atoms with Gasteiger partial charge in [-0.3, -0.25) is 0 Å². The number of hydrogen-bond donors (Lipinski definition) is 0. The third-order valence-electron chi connectivity index (χ3n) is 5.97. The van der Waals surface area contributed by atoms with Gasteiger partial charge in [-0.25, -0.2) is 0 Å². The van der Waals surface area contributed by atoms with Gasteiger partial charge < -0.3 is 4.74 Å². The number of hydrogen-bond acceptors (Lipinski definition) is 1. The van der Waals surface area contributed by atoms with Crippen LogP contribution in [-0.2, 0) is 4.74 Å². The van der Waals surface area contributed by atoms with Crippen molar-refractivity contribution in [1.82, 2.24) is 0 Å². The maximum atomic E-state index is 6.05. The van der Waals surface area contributed by atoms with Gasteiger partial charge in [-0.1, -0.05) is 43.7 Å². The van der Waals surface area contributed by atoms with Crippen LogP contribution in [0.2, 0.25) is 0 Å². The van der Waals surface area contributed by atoms with Crippen molar-refractivity contribution in [1.29, 1.82) is 0 Å². The van der Waals surface area contributed by atoms with E-state index in [1.54, 1.807) is 0 Å². The quantitative estimate of drug-likeness (QED) is 0.587. The zero-order valence-electron chi connectivity index (χ0n) is 14.7. The van der Waals surface area contributed by atoms with Crippen molar-refractivity contribution in [2.24, 2.45) is 5.92 Å². The maximum Gasteiger partial charge on any atom is 0.0575 e. The van der Waals surface area contributed by atoms with E-state index in [1.807, 2.05) is 0 Å². The van der Waals surface area contributed by atoms with Crippen LogP contribution < -0.4 is 0 Å². The summed E-state index contributed by atoms with van der Waals surface area (Å²) in [6, 6.07) is 9.49. The highest BCUT2D eigenvalue weighted by atomic mass is 16.5. The van der Waals surface area contributed by atoms with Crippen molar-refractivity contribution < 1.29 is 4.74 Å². The predicted octanol–water partition coefficient (Wildman–Crippen LogP) is 6.21. The van der Waals surface area contributed by atoms with Crippen LogP contribution in [-0.4, -0.2) is 12.7 Å². The van der Waals surface area contributed by atoms with Gasteiger partial charge in [-0.15, -0.1) is 6.58 Å². The lowest BCUT2D eigenvalue weighted by Crippen LogP contribution is -2.24. The van der Waals surface area contributed by atoms with Crippen LogP contribution in [0.1, 0.15) is 81.3 Å². The molecular formula is C22H32O. The van der Waals surface area contributed by atoms with Gasteiger partial charge in [0.05, 0.1) is 12.7 Å². The van der Waals surface area contributed by atoms with E-state index in [9.17, 15) is 0 Å². The van der Waals surface area contributed by atoms with Crippen molar-refractivity contribution in [3.8, 4) is 0 Å². The second-order valence-corrected chi connectivity index (χ2v) is 7.53. The average molecular weight is 312 g/mol. The molecule has 2 fully saturated rings. The summed E-state index contributed by atoms with van der Waals surface area (Å²) in [5, 5.41) is 0. The fourth-order valence-electron chi connectivity index (χ4n) is 4.35. The van der Waals surface area contributed by atoms with E-state index in [4.69, 9.17) is 4.74 Å². The highest BCUT2D eigenvalue weighted by Gasteiger charge is 2.23. The van der Waals surface area contributed by atoms with Crippen LogP contribution in [0.25, 0.3) is 0 Å². The highest BCUT2D eigenvalue weighted by molar-refractivity contribution is 5.28. The van der Waals surface area contributed by atoms with Gasteiger partial charge in [-0.05, 0) is 67.9 Å². The molecule has 2 atom stereocenters. The van der Waals surface area contributed by atoms with Crippen molar-refractivity contribution in [2.45, 2.75) is 76.2 Å². The minimum Gasteiger partial charge on any atom is -0.378 e. The molecule has 1 saturated heterocycles. The van der Waals surface area contributed by atoms with E-state index in [0.29, 0.717) is 12.0 Å². The van der Waals surface area contributed by atoms with E-state index in [0.717, 1.165) is 18.4 Å². The molecule has 1 nitrogen and oxygen atoms in total. The lowest BCUT2D eigenvalue weighted by molar-refractivity contribution is -0.00111. The van der Waals surface area contributed by atoms with Crippen molar-refractivity contribution in [3.05, 3.63) is 48.0 Å². The molecule has 0 N–H and O–H groups in total. The van der Waals surface area contributed by atoms with E-state index < -0.39 is 0 Å². The van der Waals surface area contributed by atoms with E-state index >= 15 is 0 Å². The summed E-state index contributed by atoms with van der Waals surface area (Å²) in [4.78, 5) is 0. The van der Waals surface area contributed by atoms with Crippen LogP contribution in [0.4, 0.5) is 0 Å². The Morgan fingerprint density at radius 2 is 1.57 bits per heavy atom. The maximum absolute atomic E-state index is 6.05. The molecule has 23 heavy (non-hydrogen) atoms. The summed E-state index contributed by atoms with van der Waals surface area (Å²) >= 11 is 0. The molecule has 0 aromatic heterocycles. The Morgan fingerprint density at radius 3 is 2.09 bits per heavy atom. The van der Waals surface area contributed by atoms with Gasteiger partial charge in [0.25, 0.3) is 0 Å². The second kappa shape index (κ2) is 8.15. The Hall–Kier alpha value is -1.08. The van der Waals surface area contributed by atoms with Crippen molar-refractivity contribution in [3.63, 3.8) is 0 Å². The summed E-state index contributed by atoms with van der Waals surface area (Å²) in [5.74, 6) is 2.12. The first kappa shape index (κ1) is 16.8. The SMILES string of the molecule is C=CC1CCC(c2ccc(C3CCC(CCC)OC3)cc2)CC1. The Balaban J connectivity index is 1.54. The lowest BCUT2D eigenvalue weighted by Gasteiger charge is -2.30. The standard InChI is InChI=1S/C22H32O/c1-3-5-22-15-14-21(16-23-22)20-12-10-19(11-13-20)18-8-6-17(4-2)7-9-18/h4,10-13,17-18,21-22H,2-3,5-9,14-16H2,1H3. The predicted molar refractivity (Wildman–Crippen MR) is 98.0 cm³/mol. The van der Waals surface area contributed by atoms with Gasteiger partial charge in [-0.2, -0.15) is 0 Å². The fourth-order valence-corrected chi connectivity index (χ4v) is 4.35. The topological polar surface area (TPSA) is 9.23 Å². The molecule has 0 amide bonds. The molecule has 0 radical (unpaired) electrons. The molecule has 126 valence electrons. The first-order chi connectivity index (χ1) is 11.3. The second-order valence-electron chi connectivity index (χ2n) is 7.53. The number of rotatable bonds is 5. The van der Waals surface area contributed by atoms with E-state index in [-0.39, 0.29) is 0 Å². The molecule has 3 rings (SSSR count). The average Bonchev–Trinajstić information content (AvgIpc) is 2.63. The summed E-state index contributed by atoms with van der Waals surface area (Å²) < 4.78 is 6.05. The minimum atomic E-state index is 0.510. The van der Waals surface area contributed by atoms with Gasteiger partial charge >= 0.3 is 0 Å². The lowest BCUT2D eigenvalue weighted by atomic mass is 9.78. The molecule has 1 aromatic rings. The number of ether oxygens (including phenoxy) is 1. The number of allylic oxidation sites excluding steroid dienone is 1. The van der Waals surface area contributed by atoms with Crippen LogP contribution in [0.3, 0.4) is 0 Å². The smallest absolute Gasteiger partial charge is 0.0575 e. The Labute approximate surface area is 142 Å². The van der Waals surface area contributed by atoms with Crippen molar-refractivity contribution >= 4 is 0 Å². The van der Waals surface area contributed by atoms with Gasteiger partial charge in [0, 0.05) is 5.92 Å². The molecule has 0 bridgehead atoms. The Bertz CT molecular complexity index is 473. The molecule has 1 saturated carbocycles. The monoisotopic (exact) mass is 312 g/mol. The molecule has 1 heterocycles. The summed E-state index contributed by atoms with van der Waals surface area (Å²) in [6.45, 7) is 7.11. The van der Waals surface area contributed by atoms with Gasteiger partial charge in [0.1, 0.15) is 0 Å².